The van der Waals surface area contributed by atoms with E-state index in [0.717, 1.165) is 5.56 Å². The topological polar surface area (TPSA) is 175 Å². The number of hydrogen-bond acceptors (Lipinski definition) is 8. The van der Waals surface area contributed by atoms with Crippen molar-refractivity contribution < 1.29 is 44.3 Å². The highest BCUT2D eigenvalue weighted by atomic mass is 16.7. The van der Waals surface area contributed by atoms with Gasteiger partial charge in [-0.3, -0.25) is 9.59 Å². The molecule has 11 nitrogen and oxygen atoms in total. The Bertz CT molecular complexity index is 1050. The van der Waals surface area contributed by atoms with E-state index in [4.69, 9.17) is 9.47 Å². The van der Waals surface area contributed by atoms with Crippen molar-refractivity contribution in [2.75, 3.05) is 6.54 Å². The highest BCUT2D eigenvalue weighted by Crippen LogP contribution is 2.33. The summed E-state index contributed by atoms with van der Waals surface area (Å²) in [7, 11) is 0. The third kappa shape index (κ3) is 7.57. The minimum atomic E-state index is -2.31. The molecule has 1 aliphatic rings. The lowest BCUT2D eigenvalue weighted by molar-refractivity contribution is -0.309. The van der Waals surface area contributed by atoms with Gasteiger partial charge < -0.3 is 40.5 Å². The molecule has 2 aromatic carbocycles. The molecular formula is C26H32N2O9. The molecule has 0 saturated carbocycles. The largest absolute Gasteiger partial charge is 0.480 e. The fourth-order valence-corrected chi connectivity index (χ4v) is 4.24. The molecule has 1 saturated heterocycles. The third-order valence-electron chi connectivity index (χ3n) is 6.12. The maximum Gasteiger partial charge on any atom is 0.364 e. The summed E-state index contributed by atoms with van der Waals surface area (Å²) in [4.78, 5) is 35.9. The van der Waals surface area contributed by atoms with Crippen LogP contribution in [0.3, 0.4) is 0 Å². The third-order valence-corrected chi connectivity index (χ3v) is 6.12. The number of nitrogens with one attached hydrogen (secondary N) is 2. The highest BCUT2D eigenvalue weighted by molar-refractivity contribution is 5.76. The van der Waals surface area contributed by atoms with Crippen LogP contribution < -0.4 is 10.6 Å². The van der Waals surface area contributed by atoms with Gasteiger partial charge in [-0.2, -0.15) is 0 Å². The number of rotatable bonds is 12. The van der Waals surface area contributed by atoms with Gasteiger partial charge in [0.1, 0.15) is 12.1 Å². The number of hydrogen-bond donors (Lipinski definition) is 6. The van der Waals surface area contributed by atoms with E-state index in [1.165, 1.54) is 6.92 Å². The summed E-state index contributed by atoms with van der Waals surface area (Å²) < 4.78 is 11.4. The normalized spacial score (nSPS) is 25.1. The van der Waals surface area contributed by atoms with E-state index in [1.807, 2.05) is 0 Å². The molecule has 200 valence electrons. The van der Waals surface area contributed by atoms with Gasteiger partial charge in [-0.1, -0.05) is 60.7 Å². The molecule has 11 heteroatoms. The van der Waals surface area contributed by atoms with Crippen LogP contribution in [0.25, 0.3) is 0 Å². The molecule has 6 N–H and O–H groups in total. The van der Waals surface area contributed by atoms with E-state index in [2.05, 4.69) is 10.6 Å². The van der Waals surface area contributed by atoms with Gasteiger partial charge >= 0.3 is 11.9 Å². The molecule has 1 heterocycles. The Morgan fingerprint density at radius 2 is 1.65 bits per heavy atom. The minimum Gasteiger partial charge on any atom is -0.480 e. The van der Waals surface area contributed by atoms with Crippen LogP contribution in [0, 0.1) is 0 Å². The second-order valence-electron chi connectivity index (χ2n) is 8.97. The molecule has 1 fully saturated rings. The zero-order valence-corrected chi connectivity index (χ0v) is 20.3. The Morgan fingerprint density at radius 1 is 1.05 bits per heavy atom. The van der Waals surface area contributed by atoms with E-state index in [0.29, 0.717) is 5.56 Å². The van der Waals surface area contributed by atoms with Crippen LogP contribution in [0.2, 0.25) is 0 Å². The first-order chi connectivity index (χ1) is 17.6. The van der Waals surface area contributed by atoms with Crippen molar-refractivity contribution in [1.29, 1.82) is 0 Å². The van der Waals surface area contributed by atoms with E-state index < -0.39 is 60.4 Å². The first-order valence-electron chi connectivity index (χ1n) is 11.8. The lowest BCUT2D eigenvalue weighted by Gasteiger charge is -2.46. The quantitative estimate of drug-likeness (QED) is 0.230. The number of carboxylic acid groups (broad SMARTS) is 2. The van der Waals surface area contributed by atoms with E-state index >= 15 is 0 Å². The summed E-state index contributed by atoms with van der Waals surface area (Å²) in [6, 6.07) is 15.4. The van der Waals surface area contributed by atoms with E-state index in [-0.39, 0.29) is 19.6 Å². The van der Waals surface area contributed by atoms with Crippen molar-refractivity contribution in [3.63, 3.8) is 0 Å². The molecule has 0 radical (unpaired) electrons. The summed E-state index contributed by atoms with van der Waals surface area (Å²) in [5.74, 6) is -5.50. The van der Waals surface area contributed by atoms with Crippen LogP contribution in [0.5, 0.6) is 0 Å². The lowest BCUT2D eigenvalue weighted by Crippen LogP contribution is -2.67. The molecule has 2 aromatic rings. The standard InChI is InChI=1S/C26H32N2O9/c1-16(29)28-22-20(30)13-26(25(34)35,36-15-18-10-6-3-7-11-18)37-23(22)21(31)14-27-19(24(32)33)12-17-8-4-2-5-9-17/h2-11,19-23,27,30-31H,12-15H2,1H3,(H,28,29)(H,32,33)(H,34,35)/t19?,20?,21-,22-,23?,26-/m1/s1. The van der Waals surface area contributed by atoms with Gasteiger partial charge in [-0.05, 0) is 17.5 Å². The number of ether oxygens (including phenoxy) is 2. The Kier molecular flexibility index (Phi) is 9.73. The molecule has 0 spiro atoms. The number of aliphatic hydroxyl groups excluding tert-OH is 2. The number of aliphatic hydroxyl groups is 2. The van der Waals surface area contributed by atoms with Crippen LogP contribution in [-0.4, -0.2) is 81.0 Å². The predicted octanol–water partition coefficient (Wildman–Crippen LogP) is 0.285. The van der Waals surface area contributed by atoms with Crippen molar-refractivity contribution >= 4 is 17.8 Å². The van der Waals surface area contributed by atoms with Crippen LogP contribution >= 0.6 is 0 Å². The molecule has 1 amide bonds. The molecule has 3 rings (SSSR count). The summed E-state index contributed by atoms with van der Waals surface area (Å²) in [6.45, 7) is 0.731. The Labute approximate surface area is 214 Å². The number of benzene rings is 2. The molecule has 3 unspecified atom stereocenters. The van der Waals surface area contributed by atoms with Gasteiger partial charge in [-0.15, -0.1) is 0 Å². The number of carbonyl (C=O) groups excluding carboxylic acids is 1. The average Bonchev–Trinajstić information content (AvgIpc) is 2.87. The number of carboxylic acids is 2. The lowest BCUT2D eigenvalue weighted by atomic mass is 9.89. The van der Waals surface area contributed by atoms with Gasteiger partial charge in [0.05, 0.1) is 24.9 Å². The summed E-state index contributed by atoms with van der Waals surface area (Å²) in [6.07, 6.45) is -4.76. The number of carbonyl (C=O) groups is 3. The molecule has 0 bridgehead atoms. The Hall–Kier alpha value is -3.35. The average molecular weight is 517 g/mol. The fraction of sp³-hybridized carbons (Fsp3) is 0.423. The SMILES string of the molecule is CC(=O)N[C@@H]1C(O)C[C@](OCc2ccccc2)(C(=O)O)OC1[C@H](O)CNC(Cc1ccccc1)C(=O)O. The van der Waals surface area contributed by atoms with Gasteiger partial charge in [0.2, 0.25) is 5.91 Å². The van der Waals surface area contributed by atoms with Crippen LogP contribution in [0.4, 0.5) is 0 Å². The smallest absolute Gasteiger partial charge is 0.364 e. The first kappa shape index (κ1) is 28.2. The zero-order valence-electron chi connectivity index (χ0n) is 20.3. The van der Waals surface area contributed by atoms with E-state index in [9.17, 15) is 34.8 Å². The van der Waals surface area contributed by atoms with E-state index in [1.54, 1.807) is 60.7 Å². The van der Waals surface area contributed by atoms with Gasteiger partial charge in [0.25, 0.3) is 5.79 Å². The van der Waals surface area contributed by atoms with Gasteiger partial charge in [0, 0.05) is 19.9 Å². The minimum absolute atomic E-state index is 0.130. The van der Waals surface area contributed by atoms with Crippen molar-refractivity contribution in [2.45, 2.75) is 62.6 Å². The fourth-order valence-electron chi connectivity index (χ4n) is 4.24. The summed E-state index contributed by atoms with van der Waals surface area (Å²) in [5, 5.41) is 46.7. The van der Waals surface area contributed by atoms with Crippen molar-refractivity contribution in [3.8, 4) is 0 Å². The molecule has 6 atom stereocenters. The first-order valence-corrected chi connectivity index (χ1v) is 11.8. The van der Waals surface area contributed by atoms with Crippen LogP contribution in [-0.2, 0) is 36.9 Å². The molecule has 37 heavy (non-hydrogen) atoms. The van der Waals surface area contributed by atoms with Crippen LogP contribution in [0.1, 0.15) is 24.5 Å². The Morgan fingerprint density at radius 3 is 2.19 bits per heavy atom. The van der Waals surface area contributed by atoms with Gasteiger partial charge in [-0.25, -0.2) is 4.79 Å². The predicted molar refractivity (Wildman–Crippen MR) is 130 cm³/mol. The zero-order chi connectivity index (χ0) is 27.0. The summed E-state index contributed by atoms with van der Waals surface area (Å²) >= 11 is 0. The monoisotopic (exact) mass is 516 g/mol. The van der Waals surface area contributed by atoms with Crippen molar-refractivity contribution in [3.05, 3.63) is 71.8 Å². The highest BCUT2D eigenvalue weighted by Gasteiger charge is 2.55. The second kappa shape index (κ2) is 12.7. The number of amides is 1. The van der Waals surface area contributed by atoms with Crippen LogP contribution in [0.15, 0.2) is 60.7 Å². The molecule has 0 aliphatic carbocycles. The van der Waals surface area contributed by atoms with Gasteiger partial charge in [0.15, 0.2) is 0 Å². The number of aliphatic carboxylic acids is 2. The molecular weight excluding hydrogens is 484 g/mol. The molecule has 0 aromatic heterocycles. The molecule has 1 aliphatic heterocycles. The van der Waals surface area contributed by atoms with Crippen molar-refractivity contribution in [1.82, 2.24) is 10.6 Å². The Balaban J connectivity index is 1.78. The summed E-state index contributed by atoms with van der Waals surface area (Å²) in [5.41, 5.74) is 1.42. The second-order valence-corrected chi connectivity index (χ2v) is 8.97. The maximum atomic E-state index is 12.3. The van der Waals surface area contributed by atoms with Crippen molar-refractivity contribution in [2.24, 2.45) is 0 Å². The maximum absolute atomic E-state index is 12.3.